The van der Waals surface area contributed by atoms with Crippen LogP contribution in [0.25, 0.3) is 0 Å². The molecule has 1 aromatic heterocycles. The summed E-state index contributed by atoms with van der Waals surface area (Å²) in [5, 5.41) is 10.5. The van der Waals surface area contributed by atoms with E-state index in [0.29, 0.717) is 12.1 Å². The van der Waals surface area contributed by atoms with Gasteiger partial charge in [-0.25, -0.2) is 9.37 Å². The lowest BCUT2D eigenvalue weighted by Gasteiger charge is -2.08. The first kappa shape index (κ1) is 13.7. The summed E-state index contributed by atoms with van der Waals surface area (Å²) in [6.07, 6.45) is 1.44. The fourth-order valence-corrected chi connectivity index (χ4v) is 1.50. The molecule has 2 N–H and O–H groups in total. The number of rotatable bonds is 3. The second-order valence-electron chi connectivity index (χ2n) is 4.00. The zero-order chi connectivity index (χ0) is 14.9. The van der Waals surface area contributed by atoms with E-state index in [4.69, 9.17) is 10.5 Å². The summed E-state index contributed by atoms with van der Waals surface area (Å²) in [7, 11) is 0. The van der Waals surface area contributed by atoms with E-state index >= 15 is 0 Å². The van der Waals surface area contributed by atoms with E-state index in [1.807, 2.05) is 0 Å². The molecule has 6 nitrogen and oxygen atoms in total. The number of hydrogen-bond donors (Lipinski definition) is 1. The first-order valence-electron chi connectivity index (χ1n) is 5.42. The highest BCUT2D eigenvalue weighted by molar-refractivity contribution is 5.51. The molecule has 2 rings (SSSR count). The average molecular weight is 281 g/mol. The van der Waals surface area contributed by atoms with Crippen LogP contribution >= 0.6 is 0 Å². The van der Waals surface area contributed by atoms with Gasteiger partial charge < -0.3 is 10.5 Å². The van der Waals surface area contributed by atoms with Gasteiger partial charge >= 0.3 is 5.69 Å². The molecule has 0 aliphatic rings. The van der Waals surface area contributed by atoms with Gasteiger partial charge in [-0.15, -0.1) is 0 Å². The van der Waals surface area contributed by atoms with Crippen molar-refractivity contribution in [2.24, 2.45) is 0 Å². The number of nitrogens with two attached hydrogens (primary N) is 1. The zero-order valence-corrected chi connectivity index (χ0v) is 10.3. The molecule has 0 spiro atoms. The number of nitro benzene ring substituents is 1. The smallest absolute Gasteiger partial charge is 0.307 e. The molecule has 0 saturated heterocycles. The van der Waals surface area contributed by atoms with Crippen LogP contribution in [0.3, 0.4) is 0 Å². The van der Waals surface area contributed by atoms with Crippen LogP contribution in [-0.2, 0) is 0 Å². The highest BCUT2D eigenvalue weighted by Gasteiger charge is 2.20. The molecule has 8 heteroatoms. The van der Waals surface area contributed by atoms with Crippen LogP contribution in [0.1, 0.15) is 5.56 Å². The molecule has 2 aromatic rings. The van der Waals surface area contributed by atoms with Crippen LogP contribution in [0.2, 0.25) is 0 Å². The lowest BCUT2D eigenvalue weighted by molar-refractivity contribution is -0.387. The Bertz CT molecular complexity index is 692. The summed E-state index contributed by atoms with van der Waals surface area (Å²) < 4.78 is 32.1. The molecular formula is C12H9F2N3O3. The molecule has 0 amide bonds. The topological polar surface area (TPSA) is 91.3 Å². The van der Waals surface area contributed by atoms with Crippen molar-refractivity contribution in [1.82, 2.24) is 4.98 Å². The molecule has 0 aliphatic heterocycles. The van der Waals surface area contributed by atoms with E-state index in [-0.39, 0.29) is 11.6 Å². The van der Waals surface area contributed by atoms with Gasteiger partial charge in [-0.05, 0) is 18.6 Å². The highest BCUT2D eigenvalue weighted by Crippen LogP contribution is 2.31. The van der Waals surface area contributed by atoms with Crippen molar-refractivity contribution < 1.29 is 18.4 Å². The van der Waals surface area contributed by atoms with Crippen molar-refractivity contribution in [3.8, 4) is 11.6 Å². The van der Waals surface area contributed by atoms with Gasteiger partial charge in [-0.1, -0.05) is 0 Å². The molecule has 104 valence electrons. The van der Waals surface area contributed by atoms with Gasteiger partial charge in [0.15, 0.2) is 11.6 Å². The van der Waals surface area contributed by atoms with Crippen LogP contribution < -0.4 is 10.5 Å². The second kappa shape index (κ2) is 5.08. The number of aryl methyl sites for hydroxylation is 1. The van der Waals surface area contributed by atoms with Crippen molar-refractivity contribution in [2.45, 2.75) is 6.92 Å². The number of nitrogen functional groups attached to an aromatic ring is 1. The number of benzene rings is 1. The summed E-state index contributed by atoms with van der Waals surface area (Å²) in [6.45, 7) is 1.75. The third-order valence-corrected chi connectivity index (χ3v) is 2.42. The van der Waals surface area contributed by atoms with Crippen molar-refractivity contribution in [1.29, 1.82) is 0 Å². The normalized spacial score (nSPS) is 10.3. The monoisotopic (exact) mass is 281 g/mol. The van der Waals surface area contributed by atoms with E-state index < -0.39 is 28.0 Å². The maximum Gasteiger partial charge on any atom is 0.307 e. The number of anilines is 1. The number of ether oxygens (including phenoxy) is 1. The van der Waals surface area contributed by atoms with Gasteiger partial charge in [0.1, 0.15) is 0 Å². The SMILES string of the molecule is Cc1cnc(Oc2cc(F)c([N+](=O)[O-])cc2F)c(N)c1. The quantitative estimate of drug-likeness (QED) is 0.689. The molecule has 0 radical (unpaired) electrons. The summed E-state index contributed by atoms with van der Waals surface area (Å²) in [5.41, 5.74) is 5.56. The predicted octanol–water partition coefficient (Wildman–Crippen LogP) is 2.95. The lowest BCUT2D eigenvalue weighted by Crippen LogP contribution is -1.99. The molecule has 1 heterocycles. The largest absolute Gasteiger partial charge is 0.434 e. The average Bonchev–Trinajstić information content (AvgIpc) is 2.36. The van der Waals surface area contributed by atoms with E-state index in [2.05, 4.69) is 4.98 Å². The van der Waals surface area contributed by atoms with Crippen molar-refractivity contribution >= 4 is 11.4 Å². The Balaban J connectivity index is 2.39. The first-order chi connectivity index (χ1) is 9.38. The number of nitrogens with zero attached hydrogens (tertiary/aromatic N) is 2. The molecule has 0 fully saturated rings. The van der Waals surface area contributed by atoms with E-state index in [1.54, 1.807) is 13.0 Å². The predicted molar refractivity (Wildman–Crippen MR) is 66.5 cm³/mol. The number of pyridine rings is 1. The Morgan fingerprint density at radius 3 is 2.60 bits per heavy atom. The van der Waals surface area contributed by atoms with Crippen molar-refractivity contribution in [3.63, 3.8) is 0 Å². The van der Waals surface area contributed by atoms with Crippen LogP contribution in [0.4, 0.5) is 20.2 Å². The third-order valence-electron chi connectivity index (χ3n) is 2.42. The minimum Gasteiger partial charge on any atom is -0.434 e. The van der Waals surface area contributed by atoms with E-state index in [0.717, 1.165) is 5.56 Å². The Morgan fingerprint density at radius 2 is 2.00 bits per heavy atom. The Morgan fingerprint density at radius 1 is 1.30 bits per heavy atom. The lowest BCUT2D eigenvalue weighted by atomic mass is 10.2. The summed E-state index contributed by atoms with van der Waals surface area (Å²) in [4.78, 5) is 13.3. The number of halogens is 2. The Hall–Kier alpha value is -2.77. The maximum atomic E-state index is 13.6. The van der Waals surface area contributed by atoms with Gasteiger partial charge in [0.2, 0.25) is 11.7 Å². The molecule has 0 bridgehead atoms. The zero-order valence-electron chi connectivity index (χ0n) is 10.3. The van der Waals surface area contributed by atoms with Gasteiger partial charge in [-0.3, -0.25) is 10.1 Å². The molecule has 0 saturated carbocycles. The van der Waals surface area contributed by atoms with Crippen LogP contribution in [0, 0.1) is 28.7 Å². The summed E-state index contributed by atoms with van der Waals surface area (Å²) in [6, 6.07) is 2.56. The summed E-state index contributed by atoms with van der Waals surface area (Å²) >= 11 is 0. The Kier molecular flexibility index (Phi) is 3.47. The number of hydrogen-bond acceptors (Lipinski definition) is 5. The molecule has 0 aliphatic carbocycles. The molecule has 20 heavy (non-hydrogen) atoms. The third kappa shape index (κ3) is 2.63. The molecule has 0 unspecified atom stereocenters. The van der Waals surface area contributed by atoms with Gasteiger partial charge in [0.25, 0.3) is 0 Å². The summed E-state index contributed by atoms with van der Waals surface area (Å²) in [5.74, 6) is -2.93. The number of nitro groups is 1. The van der Waals surface area contributed by atoms with E-state index in [9.17, 15) is 18.9 Å². The second-order valence-corrected chi connectivity index (χ2v) is 4.00. The molecular weight excluding hydrogens is 272 g/mol. The van der Waals surface area contributed by atoms with Crippen LogP contribution in [-0.4, -0.2) is 9.91 Å². The fraction of sp³-hybridized carbons (Fsp3) is 0.0833. The molecule has 1 aromatic carbocycles. The van der Waals surface area contributed by atoms with Crippen LogP contribution in [0.15, 0.2) is 24.4 Å². The van der Waals surface area contributed by atoms with Gasteiger partial charge in [0, 0.05) is 12.3 Å². The first-order valence-corrected chi connectivity index (χ1v) is 5.42. The minimum atomic E-state index is -1.21. The maximum absolute atomic E-state index is 13.6. The van der Waals surface area contributed by atoms with Gasteiger partial charge in [0.05, 0.1) is 16.7 Å². The van der Waals surface area contributed by atoms with Gasteiger partial charge in [-0.2, -0.15) is 4.39 Å². The fourth-order valence-electron chi connectivity index (χ4n) is 1.50. The van der Waals surface area contributed by atoms with Crippen molar-refractivity contribution in [2.75, 3.05) is 5.73 Å². The van der Waals surface area contributed by atoms with E-state index in [1.165, 1.54) is 6.20 Å². The Labute approximate surface area is 112 Å². The van der Waals surface area contributed by atoms with Crippen molar-refractivity contribution in [3.05, 3.63) is 51.7 Å². The molecule has 0 atom stereocenters. The van der Waals surface area contributed by atoms with Crippen LogP contribution in [0.5, 0.6) is 11.6 Å². The minimum absolute atomic E-state index is 0.109. The standard InChI is InChI=1S/C12H9F2N3O3/c1-6-2-9(15)12(16-5-6)20-11-4-7(13)10(17(18)19)3-8(11)14/h2-5H,15H2,1H3. The highest BCUT2D eigenvalue weighted by atomic mass is 19.1. The number of aromatic nitrogens is 1.